The first-order chi connectivity index (χ1) is 7.65. The van der Waals surface area contributed by atoms with Crippen molar-refractivity contribution in [1.82, 2.24) is 5.32 Å². The van der Waals surface area contributed by atoms with E-state index in [1.54, 1.807) is 0 Å². The molecule has 1 aliphatic rings. The fourth-order valence-corrected chi connectivity index (χ4v) is 2.37. The van der Waals surface area contributed by atoms with Crippen LogP contribution in [0, 0.1) is 5.92 Å². The molecule has 94 valence electrons. The molecule has 2 atom stereocenters. The highest BCUT2D eigenvalue weighted by molar-refractivity contribution is 9.10. The summed E-state index contributed by atoms with van der Waals surface area (Å²) in [5, 5.41) is 11.9. The molecule has 0 aromatic heterocycles. The summed E-state index contributed by atoms with van der Waals surface area (Å²) >= 11 is 3.40. The normalized spacial score (nSPS) is 23.1. The Hall–Kier alpha value is -0.580. The van der Waals surface area contributed by atoms with Crippen LogP contribution in [0.4, 0.5) is 0 Å². The van der Waals surface area contributed by atoms with Gasteiger partial charge in [0.2, 0.25) is 0 Å². The molecule has 0 amide bonds. The summed E-state index contributed by atoms with van der Waals surface area (Å²) in [6.45, 7) is 0.799. The van der Waals surface area contributed by atoms with E-state index in [0.717, 1.165) is 23.9 Å². The molecule has 1 fully saturated rings. The van der Waals surface area contributed by atoms with Crippen LogP contribution in [0.25, 0.3) is 0 Å². The molecule has 0 saturated carbocycles. The van der Waals surface area contributed by atoms with Crippen molar-refractivity contribution in [3.63, 3.8) is 0 Å². The molecule has 5 heteroatoms. The average Bonchev–Trinajstić information content (AvgIpc) is 2.70. The van der Waals surface area contributed by atoms with Gasteiger partial charge in [-0.05, 0) is 43.0 Å². The van der Waals surface area contributed by atoms with Crippen molar-refractivity contribution in [2.24, 2.45) is 5.92 Å². The minimum atomic E-state index is -0.738. The molecule has 0 spiro atoms. The lowest BCUT2D eigenvalue weighted by atomic mass is 9.97. The standard InChI is InChI=1S/C12H14BrNO2.ClH/c13-10-3-1-8(2-4-10)5-9-6-11(12(15)16)14-7-9;/h1-4,9,11,14H,5-7H2,(H,15,16);1H/t9-,11-;/m0./s1. The summed E-state index contributed by atoms with van der Waals surface area (Å²) in [7, 11) is 0. The summed E-state index contributed by atoms with van der Waals surface area (Å²) in [5.74, 6) is -0.305. The molecule has 0 aliphatic carbocycles. The Labute approximate surface area is 115 Å². The predicted octanol–water partition coefficient (Wildman–Crippen LogP) is 2.48. The van der Waals surface area contributed by atoms with Crippen LogP contribution in [0.2, 0.25) is 0 Å². The SMILES string of the molecule is Cl.O=C(O)[C@@H]1C[C@H](Cc2ccc(Br)cc2)CN1. The topological polar surface area (TPSA) is 49.3 Å². The molecule has 0 radical (unpaired) electrons. The first-order valence-corrected chi connectivity index (χ1v) is 6.15. The van der Waals surface area contributed by atoms with Gasteiger partial charge in [-0.1, -0.05) is 28.1 Å². The maximum Gasteiger partial charge on any atom is 0.320 e. The molecule has 17 heavy (non-hydrogen) atoms. The number of carbonyl (C=O) groups is 1. The fraction of sp³-hybridized carbons (Fsp3) is 0.417. The third-order valence-electron chi connectivity index (χ3n) is 2.96. The van der Waals surface area contributed by atoms with E-state index in [1.165, 1.54) is 5.56 Å². The number of carboxylic acid groups (broad SMARTS) is 1. The summed E-state index contributed by atoms with van der Waals surface area (Å²) in [5.41, 5.74) is 1.26. The van der Waals surface area contributed by atoms with Crippen LogP contribution in [0.15, 0.2) is 28.7 Å². The zero-order chi connectivity index (χ0) is 11.5. The summed E-state index contributed by atoms with van der Waals surface area (Å²) < 4.78 is 1.07. The maximum atomic E-state index is 10.8. The van der Waals surface area contributed by atoms with Gasteiger partial charge in [-0.2, -0.15) is 0 Å². The molecule has 1 aliphatic heterocycles. The molecule has 2 rings (SSSR count). The number of rotatable bonds is 3. The van der Waals surface area contributed by atoms with Gasteiger partial charge in [0.25, 0.3) is 0 Å². The van der Waals surface area contributed by atoms with E-state index in [0.29, 0.717) is 5.92 Å². The highest BCUT2D eigenvalue weighted by Crippen LogP contribution is 2.20. The number of hydrogen-bond acceptors (Lipinski definition) is 2. The first kappa shape index (κ1) is 14.5. The van der Waals surface area contributed by atoms with E-state index < -0.39 is 5.97 Å². The second-order valence-electron chi connectivity index (χ2n) is 4.23. The second-order valence-corrected chi connectivity index (χ2v) is 5.15. The van der Waals surface area contributed by atoms with Crippen LogP contribution in [0.5, 0.6) is 0 Å². The van der Waals surface area contributed by atoms with Gasteiger partial charge in [-0.15, -0.1) is 12.4 Å². The molecule has 2 N–H and O–H groups in total. The van der Waals surface area contributed by atoms with E-state index in [1.807, 2.05) is 12.1 Å². The summed E-state index contributed by atoms with van der Waals surface area (Å²) in [6, 6.07) is 7.84. The van der Waals surface area contributed by atoms with Crippen LogP contribution >= 0.6 is 28.3 Å². The Morgan fingerprint density at radius 3 is 2.59 bits per heavy atom. The number of benzene rings is 1. The molecule has 0 unspecified atom stereocenters. The highest BCUT2D eigenvalue weighted by atomic mass is 79.9. The number of nitrogens with one attached hydrogen (secondary N) is 1. The molecule has 3 nitrogen and oxygen atoms in total. The first-order valence-electron chi connectivity index (χ1n) is 5.36. The van der Waals surface area contributed by atoms with Gasteiger partial charge in [0, 0.05) is 4.47 Å². The van der Waals surface area contributed by atoms with Crippen LogP contribution in [-0.4, -0.2) is 23.7 Å². The van der Waals surface area contributed by atoms with Gasteiger partial charge in [0.15, 0.2) is 0 Å². The third-order valence-corrected chi connectivity index (χ3v) is 3.49. The Morgan fingerprint density at radius 2 is 2.06 bits per heavy atom. The van der Waals surface area contributed by atoms with Gasteiger partial charge in [-0.3, -0.25) is 4.79 Å². The lowest BCUT2D eigenvalue weighted by Gasteiger charge is -2.08. The fourth-order valence-electron chi connectivity index (χ4n) is 2.11. The van der Waals surface area contributed by atoms with Crippen LogP contribution in [-0.2, 0) is 11.2 Å². The van der Waals surface area contributed by atoms with Crippen molar-refractivity contribution in [3.05, 3.63) is 34.3 Å². The molecule has 0 bridgehead atoms. The van der Waals surface area contributed by atoms with E-state index in [-0.39, 0.29) is 18.4 Å². The lowest BCUT2D eigenvalue weighted by molar-refractivity contribution is -0.139. The molecular formula is C12H15BrClNO2. The number of hydrogen-bond donors (Lipinski definition) is 2. The van der Waals surface area contributed by atoms with Gasteiger partial charge in [-0.25, -0.2) is 0 Å². The maximum absolute atomic E-state index is 10.8. The van der Waals surface area contributed by atoms with E-state index in [2.05, 4.69) is 33.4 Å². The van der Waals surface area contributed by atoms with E-state index in [4.69, 9.17) is 5.11 Å². The van der Waals surface area contributed by atoms with Crippen LogP contribution in [0.3, 0.4) is 0 Å². The van der Waals surface area contributed by atoms with Crippen molar-refractivity contribution in [3.8, 4) is 0 Å². The van der Waals surface area contributed by atoms with Crippen LogP contribution in [0.1, 0.15) is 12.0 Å². The molecule has 1 aromatic carbocycles. The average molecular weight is 321 g/mol. The second kappa shape index (κ2) is 6.38. The van der Waals surface area contributed by atoms with Crippen molar-refractivity contribution in [1.29, 1.82) is 0 Å². The highest BCUT2D eigenvalue weighted by Gasteiger charge is 2.28. The lowest BCUT2D eigenvalue weighted by Crippen LogP contribution is -2.29. The monoisotopic (exact) mass is 319 g/mol. The molecule has 1 aromatic rings. The Bertz CT molecular complexity index is 383. The molecular weight excluding hydrogens is 305 g/mol. The van der Waals surface area contributed by atoms with Crippen molar-refractivity contribution in [2.75, 3.05) is 6.54 Å². The molecule has 1 heterocycles. The smallest absolute Gasteiger partial charge is 0.320 e. The largest absolute Gasteiger partial charge is 0.480 e. The van der Waals surface area contributed by atoms with Gasteiger partial charge in [0.05, 0.1) is 0 Å². The quantitative estimate of drug-likeness (QED) is 0.899. The molecule has 1 saturated heterocycles. The van der Waals surface area contributed by atoms with Crippen LogP contribution < -0.4 is 5.32 Å². The Balaban J connectivity index is 0.00000144. The zero-order valence-corrected chi connectivity index (χ0v) is 11.6. The van der Waals surface area contributed by atoms with E-state index >= 15 is 0 Å². The van der Waals surface area contributed by atoms with Crippen molar-refractivity contribution < 1.29 is 9.90 Å². The Kier molecular flexibility index (Phi) is 5.43. The zero-order valence-electron chi connectivity index (χ0n) is 9.23. The summed E-state index contributed by atoms with van der Waals surface area (Å²) in [6.07, 6.45) is 1.68. The van der Waals surface area contributed by atoms with Gasteiger partial charge < -0.3 is 10.4 Å². The Morgan fingerprint density at radius 1 is 1.41 bits per heavy atom. The van der Waals surface area contributed by atoms with Gasteiger partial charge in [0.1, 0.15) is 6.04 Å². The van der Waals surface area contributed by atoms with E-state index in [9.17, 15) is 4.79 Å². The number of carboxylic acids is 1. The van der Waals surface area contributed by atoms with Crippen molar-refractivity contribution >= 4 is 34.3 Å². The predicted molar refractivity (Wildman–Crippen MR) is 72.6 cm³/mol. The number of aliphatic carboxylic acids is 1. The summed E-state index contributed by atoms with van der Waals surface area (Å²) in [4.78, 5) is 10.8. The third kappa shape index (κ3) is 3.98. The minimum absolute atomic E-state index is 0. The van der Waals surface area contributed by atoms with Gasteiger partial charge >= 0.3 is 5.97 Å². The van der Waals surface area contributed by atoms with Crippen molar-refractivity contribution in [2.45, 2.75) is 18.9 Å². The minimum Gasteiger partial charge on any atom is -0.480 e. The number of halogens is 2.